The summed E-state index contributed by atoms with van der Waals surface area (Å²) >= 11 is 0. The third-order valence-electron chi connectivity index (χ3n) is 3.29. The number of unbranched alkanes of at least 4 members (excludes halogenated alkanes) is 1. The van der Waals surface area contributed by atoms with Gasteiger partial charge in [-0.3, -0.25) is 0 Å². The molecular formula is C12H26N4O. The average Bonchev–Trinajstić information content (AvgIpc) is 2.36. The zero-order valence-electron chi connectivity index (χ0n) is 10.9. The van der Waals surface area contributed by atoms with Gasteiger partial charge in [-0.25, -0.2) is 0 Å². The first kappa shape index (κ1) is 14.3. The average molecular weight is 242 g/mol. The lowest BCUT2D eigenvalue weighted by Crippen LogP contribution is -2.46. The van der Waals surface area contributed by atoms with Gasteiger partial charge in [-0.05, 0) is 32.4 Å². The number of hydrogen-bond acceptors (Lipinski definition) is 4. The van der Waals surface area contributed by atoms with Crippen LogP contribution in [0.15, 0.2) is 5.16 Å². The van der Waals surface area contributed by atoms with E-state index in [1.54, 1.807) is 0 Å². The van der Waals surface area contributed by atoms with E-state index in [9.17, 15) is 0 Å². The van der Waals surface area contributed by atoms with E-state index in [0.717, 1.165) is 19.4 Å². The van der Waals surface area contributed by atoms with Crippen LogP contribution in [0.4, 0.5) is 0 Å². The summed E-state index contributed by atoms with van der Waals surface area (Å²) in [6, 6.07) is 0. The van der Waals surface area contributed by atoms with E-state index in [2.05, 4.69) is 21.9 Å². The Morgan fingerprint density at radius 1 is 1.12 bits per heavy atom. The summed E-state index contributed by atoms with van der Waals surface area (Å²) in [4.78, 5) is 5.05. The van der Waals surface area contributed by atoms with Crippen LogP contribution in [0.5, 0.6) is 0 Å². The molecule has 0 aromatic heterocycles. The summed E-state index contributed by atoms with van der Waals surface area (Å²) in [6.07, 6.45) is 4.08. The van der Waals surface area contributed by atoms with Crippen molar-refractivity contribution >= 4 is 5.84 Å². The van der Waals surface area contributed by atoms with Crippen molar-refractivity contribution in [1.29, 1.82) is 0 Å². The standard InChI is InChI=1S/C12H26N4O/c1-2-6-15-8-10-16(11-9-15)7-4-3-5-12(13)14-17/h17H,2-11H2,1H3,(H2,13,14). The van der Waals surface area contributed by atoms with Gasteiger partial charge in [0.05, 0.1) is 0 Å². The van der Waals surface area contributed by atoms with Gasteiger partial charge in [0.1, 0.15) is 5.84 Å². The number of hydrogen-bond donors (Lipinski definition) is 2. The van der Waals surface area contributed by atoms with Gasteiger partial charge in [-0.2, -0.15) is 0 Å². The van der Waals surface area contributed by atoms with Crippen LogP contribution in [-0.2, 0) is 0 Å². The molecule has 1 aliphatic rings. The van der Waals surface area contributed by atoms with E-state index in [1.807, 2.05) is 0 Å². The van der Waals surface area contributed by atoms with E-state index in [4.69, 9.17) is 10.9 Å². The number of rotatable bonds is 7. The largest absolute Gasteiger partial charge is 0.409 e. The highest BCUT2D eigenvalue weighted by Gasteiger charge is 2.15. The van der Waals surface area contributed by atoms with Crippen molar-refractivity contribution in [2.75, 3.05) is 39.3 Å². The van der Waals surface area contributed by atoms with Gasteiger partial charge in [0.2, 0.25) is 0 Å². The summed E-state index contributed by atoms with van der Waals surface area (Å²) in [6.45, 7) is 9.38. The zero-order valence-corrected chi connectivity index (χ0v) is 10.9. The SMILES string of the molecule is CCCN1CCN(CCCCC(N)=NO)CC1. The molecule has 1 saturated heterocycles. The molecule has 1 heterocycles. The quantitative estimate of drug-likeness (QED) is 0.229. The zero-order chi connectivity index (χ0) is 12.5. The third kappa shape index (κ3) is 5.89. The Morgan fingerprint density at radius 2 is 1.71 bits per heavy atom. The van der Waals surface area contributed by atoms with E-state index in [-0.39, 0.29) is 0 Å². The summed E-state index contributed by atoms with van der Waals surface area (Å²) in [5.74, 6) is 0.345. The second kappa shape index (κ2) is 8.31. The number of amidine groups is 1. The normalized spacial score (nSPS) is 19.7. The van der Waals surface area contributed by atoms with Crippen molar-refractivity contribution in [3.05, 3.63) is 0 Å². The first-order valence-electron chi connectivity index (χ1n) is 6.67. The first-order chi connectivity index (χ1) is 8.26. The predicted molar refractivity (Wildman–Crippen MR) is 70.4 cm³/mol. The molecule has 0 bridgehead atoms. The predicted octanol–water partition coefficient (Wildman–Crippen LogP) is 0.931. The Balaban J connectivity index is 2.02. The molecule has 3 N–H and O–H groups in total. The fourth-order valence-corrected chi connectivity index (χ4v) is 2.24. The van der Waals surface area contributed by atoms with Crippen LogP contribution in [0, 0.1) is 0 Å². The second-order valence-electron chi connectivity index (χ2n) is 4.73. The molecule has 0 amide bonds. The molecule has 0 aromatic rings. The molecule has 5 nitrogen and oxygen atoms in total. The van der Waals surface area contributed by atoms with Crippen molar-refractivity contribution in [1.82, 2.24) is 9.80 Å². The van der Waals surface area contributed by atoms with E-state index < -0.39 is 0 Å². The Bertz CT molecular complexity index is 225. The summed E-state index contributed by atoms with van der Waals surface area (Å²) in [7, 11) is 0. The Morgan fingerprint density at radius 3 is 2.24 bits per heavy atom. The van der Waals surface area contributed by atoms with Crippen LogP contribution in [-0.4, -0.2) is 60.1 Å². The van der Waals surface area contributed by atoms with Gasteiger partial charge in [0, 0.05) is 32.6 Å². The molecule has 1 rings (SSSR count). The third-order valence-corrected chi connectivity index (χ3v) is 3.29. The van der Waals surface area contributed by atoms with Crippen molar-refractivity contribution in [2.45, 2.75) is 32.6 Å². The van der Waals surface area contributed by atoms with Crippen molar-refractivity contribution in [3.63, 3.8) is 0 Å². The highest BCUT2D eigenvalue weighted by atomic mass is 16.4. The molecule has 1 aliphatic heterocycles. The minimum absolute atomic E-state index is 0.345. The van der Waals surface area contributed by atoms with Crippen LogP contribution >= 0.6 is 0 Å². The van der Waals surface area contributed by atoms with E-state index in [0.29, 0.717) is 12.3 Å². The van der Waals surface area contributed by atoms with E-state index >= 15 is 0 Å². The van der Waals surface area contributed by atoms with Crippen LogP contribution in [0.3, 0.4) is 0 Å². The molecule has 0 spiro atoms. The first-order valence-corrected chi connectivity index (χ1v) is 6.67. The van der Waals surface area contributed by atoms with Crippen molar-refractivity contribution < 1.29 is 5.21 Å². The van der Waals surface area contributed by atoms with Gasteiger partial charge in [-0.1, -0.05) is 12.1 Å². The number of nitrogens with two attached hydrogens (primary N) is 1. The highest BCUT2D eigenvalue weighted by Crippen LogP contribution is 2.05. The van der Waals surface area contributed by atoms with Crippen LogP contribution in [0.1, 0.15) is 32.6 Å². The van der Waals surface area contributed by atoms with Gasteiger partial charge < -0.3 is 20.7 Å². The Labute approximate surface area is 104 Å². The molecule has 0 unspecified atom stereocenters. The monoisotopic (exact) mass is 242 g/mol. The number of nitrogens with zero attached hydrogens (tertiary/aromatic N) is 3. The maximum absolute atomic E-state index is 8.41. The molecule has 0 saturated carbocycles. The van der Waals surface area contributed by atoms with Crippen LogP contribution in [0.2, 0.25) is 0 Å². The number of oxime groups is 1. The second-order valence-corrected chi connectivity index (χ2v) is 4.73. The highest BCUT2D eigenvalue weighted by molar-refractivity contribution is 5.79. The van der Waals surface area contributed by atoms with Crippen LogP contribution in [0.25, 0.3) is 0 Å². The van der Waals surface area contributed by atoms with Gasteiger partial charge >= 0.3 is 0 Å². The molecule has 0 atom stereocenters. The Hall–Kier alpha value is -0.810. The fraction of sp³-hybridized carbons (Fsp3) is 0.917. The summed E-state index contributed by atoms with van der Waals surface area (Å²) in [5.41, 5.74) is 5.42. The van der Waals surface area contributed by atoms with Gasteiger partial charge in [-0.15, -0.1) is 0 Å². The van der Waals surface area contributed by atoms with Crippen LogP contribution < -0.4 is 5.73 Å². The van der Waals surface area contributed by atoms with Crippen molar-refractivity contribution in [2.24, 2.45) is 10.9 Å². The summed E-state index contributed by atoms with van der Waals surface area (Å²) < 4.78 is 0. The lowest BCUT2D eigenvalue weighted by atomic mass is 10.2. The van der Waals surface area contributed by atoms with E-state index in [1.165, 1.54) is 39.1 Å². The molecule has 0 radical (unpaired) electrons. The molecule has 0 aromatic carbocycles. The molecule has 1 fully saturated rings. The molecule has 17 heavy (non-hydrogen) atoms. The van der Waals surface area contributed by atoms with Gasteiger partial charge in [0.15, 0.2) is 0 Å². The van der Waals surface area contributed by atoms with Gasteiger partial charge in [0.25, 0.3) is 0 Å². The Kier molecular flexibility index (Phi) is 6.96. The smallest absolute Gasteiger partial charge is 0.139 e. The number of piperazine rings is 1. The van der Waals surface area contributed by atoms with Crippen molar-refractivity contribution in [3.8, 4) is 0 Å². The molecule has 0 aliphatic carbocycles. The summed E-state index contributed by atoms with van der Waals surface area (Å²) in [5, 5.41) is 11.4. The lowest BCUT2D eigenvalue weighted by Gasteiger charge is -2.34. The lowest BCUT2D eigenvalue weighted by molar-refractivity contribution is 0.131. The maximum atomic E-state index is 8.41. The topological polar surface area (TPSA) is 65.1 Å². The molecular weight excluding hydrogens is 216 g/mol. The molecule has 100 valence electrons. The molecule has 5 heteroatoms. The maximum Gasteiger partial charge on any atom is 0.139 e. The minimum atomic E-state index is 0.345. The minimum Gasteiger partial charge on any atom is -0.409 e. The fourth-order valence-electron chi connectivity index (χ4n) is 2.24.